The number of benzene rings is 1. The molecule has 0 spiro atoms. The molecule has 1 saturated carbocycles. The molecule has 2 aliphatic rings. The number of fused-ring (bicyclic) bond motifs is 1. The number of nitrogen functional groups attached to an aromatic ring is 1. The molecular weight excluding hydrogens is 240 g/mol. The fourth-order valence-electron chi connectivity index (χ4n) is 3.33. The minimum atomic E-state index is -0.218. The molecular formula is C15H18N2O2. The molecule has 0 saturated heterocycles. The number of imide groups is 1. The molecule has 1 aromatic rings. The third-order valence-electron chi connectivity index (χ3n) is 4.73. The summed E-state index contributed by atoms with van der Waals surface area (Å²) in [6.07, 6.45) is 1.96. The Morgan fingerprint density at radius 1 is 1.16 bits per heavy atom. The van der Waals surface area contributed by atoms with Crippen molar-refractivity contribution in [3.8, 4) is 0 Å². The Labute approximate surface area is 112 Å². The zero-order valence-electron chi connectivity index (χ0n) is 11.2. The van der Waals surface area contributed by atoms with Crippen molar-refractivity contribution in [2.75, 3.05) is 5.73 Å². The van der Waals surface area contributed by atoms with Gasteiger partial charge in [-0.1, -0.05) is 19.9 Å². The van der Waals surface area contributed by atoms with Gasteiger partial charge in [-0.05, 0) is 36.8 Å². The Bertz CT molecular complexity index is 567. The van der Waals surface area contributed by atoms with E-state index < -0.39 is 0 Å². The molecule has 4 heteroatoms. The molecule has 3 atom stereocenters. The van der Waals surface area contributed by atoms with Gasteiger partial charge >= 0.3 is 0 Å². The number of hydrogen-bond acceptors (Lipinski definition) is 3. The number of rotatable bonds is 1. The number of carbonyl (C=O) groups is 2. The first-order chi connectivity index (χ1) is 9.02. The maximum absolute atomic E-state index is 12.5. The van der Waals surface area contributed by atoms with E-state index in [1.54, 1.807) is 18.2 Å². The molecule has 100 valence electrons. The van der Waals surface area contributed by atoms with Crippen molar-refractivity contribution in [2.45, 2.75) is 32.7 Å². The summed E-state index contributed by atoms with van der Waals surface area (Å²) in [5.74, 6) is 0.498. The third-order valence-corrected chi connectivity index (χ3v) is 4.73. The van der Waals surface area contributed by atoms with Crippen molar-refractivity contribution in [1.29, 1.82) is 0 Å². The molecule has 2 N–H and O–H groups in total. The topological polar surface area (TPSA) is 63.4 Å². The Balaban J connectivity index is 2.02. The van der Waals surface area contributed by atoms with Crippen LogP contribution in [0, 0.1) is 11.8 Å². The van der Waals surface area contributed by atoms with E-state index in [-0.39, 0.29) is 17.9 Å². The van der Waals surface area contributed by atoms with Crippen molar-refractivity contribution < 1.29 is 9.59 Å². The van der Waals surface area contributed by atoms with E-state index in [2.05, 4.69) is 13.8 Å². The van der Waals surface area contributed by atoms with Crippen LogP contribution in [0.1, 0.15) is 47.4 Å². The predicted molar refractivity (Wildman–Crippen MR) is 72.7 cm³/mol. The van der Waals surface area contributed by atoms with Crippen LogP contribution in [0.4, 0.5) is 5.69 Å². The highest BCUT2D eigenvalue weighted by atomic mass is 16.2. The van der Waals surface area contributed by atoms with Gasteiger partial charge in [0, 0.05) is 11.7 Å². The zero-order valence-corrected chi connectivity index (χ0v) is 11.2. The van der Waals surface area contributed by atoms with Crippen LogP contribution >= 0.6 is 0 Å². The second-order valence-corrected chi connectivity index (χ2v) is 5.73. The van der Waals surface area contributed by atoms with Crippen LogP contribution in [0.2, 0.25) is 0 Å². The number of nitrogens with zero attached hydrogens (tertiary/aromatic N) is 1. The Hall–Kier alpha value is -1.84. The molecule has 4 nitrogen and oxygen atoms in total. The van der Waals surface area contributed by atoms with E-state index in [9.17, 15) is 9.59 Å². The molecule has 3 rings (SSSR count). The number of carbonyl (C=O) groups excluding carboxylic acids is 2. The molecule has 3 unspecified atom stereocenters. The van der Waals surface area contributed by atoms with Crippen molar-refractivity contribution in [1.82, 2.24) is 4.90 Å². The molecule has 1 fully saturated rings. The first-order valence-corrected chi connectivity index (χ1v) is 6.78. The molecule has 1 heterocycles. The molecule has 1 aromatic carbocycles. The van der Waals surface area contributed by atoms with Crippen molar-refractivity contribution >= 4 is 17.5 Å². The van der Waals surface area contributed by atoms with Crippen molar-refractivity contribution in [3.05, 3.63) is 29.3 Å². The Morgan fingerprint density at radius 3 is 2.47 bits per heavy atom. The second kappa shape index (κ2) is 4.08. The van der Waals surface area contributed by atoms with E-state index in [1.807, 2.05) is 0 Å². The molecule has 19 heavy (non-hydrogen) atoms. The fourth-order valence-corrected chi connectivity index (χ4v) is 3.33. The average molecular weight is 258 g/mol. The van der Waals surface area contributed by atoms with Gasteiger partial charge in [0.1, 0.15) is 0 Å². The summed E-state index contributed by atoms with van der Waals surface area (Å²) < 4.78 is 0. The number of hydrogen-bond donors (Lipinski definition) is 1. The maximum Gasteiger partial charge on any atom is 0.263 e. The zero-order chi connectivity index (χ0) is 13.7. The standard InChI is InChI=1S/C15H18N2O2/c1-8-6-7-12(9(8)2)17-14(18)10-4-3-5-11(16)13(10)15(17)19/h3-5,8-9,12H,6-7,16H2,1-2H3. The van der Waals surface area contributed by atoms with Crippen LogP contribution in [-0.4, -0.2) is 22.8 Å². The van der Waals surface area contributed by atoms with E-state index in [1.165, 1.54) is 4.90 Å². The van der Waals surface area contributed by atoms with E-state index >= 15 is 0 Å². The Kier molecular flexibility index (Phi) is 2.62. The SMILES string of the molecule is CC1CCC(N2C(=O)c3cccc(N)c3C2=O)C1C. The third kappa shape index (κ3) is 1.59. The molecule has 2 amide bonds. The Morgan fingerprint density at radius 2 is 1.89 bits per heavy atom. The van der Waals surface area contributed by atoms with Crippen LogP contribution < -0.4 is 5.73 Å². The lowest BCUT2D eigenvalue weighted by molar-refractivity contribution is 0.0547. The van der Waals surface area contributed by atoms with Crippen LogP contribution in [0.3, 0.4) is 0 Å². The largest absolute Gasteiger partial charge is 0.398 e. The second-order valence-electron chi connectivity index (χ2n) is 5.73. The lowest BCUT2D eigenvalue weighted by Crippen LogP contribution is -2.42. The molecule has 1 aliphatic heterocycles. The quantitative estimate of drug-likeness (QED) is 0.621. The average Bonchev–Trinajstić information content (AvgIpc) is 2.82. The number of amides is 2. The maximum atomic E-state index is 12.5. The van der Waals surface area contributed by atoms with Crippen LogP contribution in [-0.2, 0) is 0 Å². The fraction of sp³-hybridized carbons (Fsp3) is 0.467. The lowest BCUT2D eigenvalue weighted by Gasteiger charge is -2.27. The summed E-state index contributed by atoms with van der Waals surface area (Å²) in [7, 11) is 0. The summed E-state index contributed by atoms with van der Waals surface area (Å²) >= 11 is 0. The first kappa shape index (κ1) is 12.2. The van der Waals surface area contributed by atoms with Gasteiger partial charge in [-0.2, -0.15) is 0 Å². The van der Waals surface area contributed by atoms with Gasteiger partial charge in [-0.25, -0.2) is 0 Å². The number of nitrogens with two attached hydrogens (primary N) is 1. The van der Waals surface area contributed by atoms with Gasteiger partial charge in [0.2, 0.25) is 0 Å². The summed E-state index contributed by atoms with van der Waals surface area (Å²) in [6, 6.07) is 5.11. The van der Waals surface area contributed by atoms with E-state index in [0.717, 1.165) is 12.8 Å². The van der Waals surface area contributed by atoms with Gasteiger partial charge in [-0.15, -0.1) is 0 Å². The van der Waals surface area contributed by atoms with Gasteiger partial charge < -0.3 is 5.73 Å². The monoisotopic (exact) mass is 258 g/mol. The smallest absolute Gasteiger partial charge is 0.263 e. The highest BCUT2D eigenvalue weighted by Crippen LogP contribution is 2.39. The van der Waals surface area contributed by atoms with Gasteiger partial charge in [0.15, 0.2) is 0 Å². The molecule has 0 bridgehead atoms. The summed E-state index contributed by atoms with van der Waals surface area (Å²) in [5, 5.41) is 0. The summed E-state index contributed by atoms with van der Waals surface area (Å²) in [6.45, 7) is 4.30. The van der Waals surface area contributed by atoms with Crippen molar-refractivity contribution in [3.63, 3.8) is 0 Å². The van der Waals surface area contributed by atoms with Gasteiger partial charge in [0.25, 0.3) is 11.8 Å². The minimum Gasteiger partial charge on any atom is -0.398 e. The predicted octanol–water partition coefficient (Wildman–Crippen LogP) is 2.30. The lowest BCUT2D eigenvalue weighted by atomic mass is 9.97. The first-order valence-electron chi connectivity index (χ1n) is 6.78. The number of anilines is 1. The minimum absolute atomic E-state index is 0.0156. The van der Waals surface area contributed by atoms with E-state index in [4.69, 9.17) is 5.73 Å². The highest BCUT2D eigenvalue weighted by Gasteiger charge is 2.45. The molecule has 0 radical (unpaired) electrons. The molecule has 1 aliphatic carbocycles. The van der Waals surface area contributed by atoms with Gasteiger partial charge in [-0.3, -0.25) is 14.5 Å². The summed E-state index contributed by atoms with van der Waals surface area (Å²) in [4.78, 5) is 26.4. The molecule has 0 aromatic heterocycles. The highest BCUT2D eigenvalue weighted by molar-refractivity contribution is 6.23. The van der Waals surface area contributed by atoms with Gasteiger partial charge in [0.05, 0.1) is 11.1 Å². The summed E-state index contributed by atoms with van der Waals surface area (Å²) in [5.41, 5.74) is 7.09. The van der Waals surface area contributed by atoms with Crippen LogP contribution in [0.5, 0.6) is 0 Å². The normalized spacial score (nSPS) is 30.0. The van der Waals surface area contributed by atoms with Crippen LogP contribution in [0.25, 0.3) is 0 Å². The van der Waals surface area contributed by atoms with Crippen molar-refractivity contribution in [2.24, 2.45) is 11.8 Å². The van der Waals surface area contributed by atoms with E-state index in [0.29, 0.717) is 28.7 Å². The van der Waals surface area contributed by atoms with Crippen LogP contribution in [0.15, 0.2) is 18.2 Å².